The van der Waals surface area contributed by atoms with Gasteiger partial charge in [-0.15, -0.1) is 0 Å². The van der Waals surface area contributed by atoms with Gasteiger partial charge in [0.05, 0.1) is 0 Å². The number of amides is 3. The molecule has 5 heteroatoms. The third kappa shape index (κ3) is 8.02. The van der Waals surface area contributed by atoms with Crippen LogP contribution in [-0.4, -0.2) is 31.1 Å². The second-order valence-electron chi connectivity index (χ2n) is 7.48. The molecule has 0 aliphatic heterocycles. The van der Waals surface area contributed by atoms with Crippen LogP contribution in [0.25, 0.3) is 0 Å². The fraction of sp³-hybridized carbons (Fsp3) is 0.895. The van der Waals surface area contributed by atoms with E-state index in [0.717, 1.165) is 31.7 Å². The minimum atomic E-state index is -0.0844. The van der Waals surface area contributed by atoms with Gasteiger partial charge in [-0.3, -0.25) is 4.79 Å². The van der Waals surface area contributed by atoms with Crippen LogP contribution in [0.5, 0.6) is 0 Å². The van der Waals surface area contributed by atoms with E-state index >= 15 is 0 Å². The van der Waals surface area contributed by atoms with Crippen LogP contribution in [0.4, 0.5) is 4.79 Å². The molecule has 5 nitrogen and oxygen atoms in total. The Morgan fingerprint density at radius 3 is 2.21 bits per heavy atom. The fourth-order valence-corrected chi connectivity index (χ4v) is 3.94. The Morgan fingerprint density at radius 2 is 1.46 bits per heavy atom. The molecule has 2 saturated carbocycles. The summed E-state index contributed by atoms with van der Waals surface area (Å²) in [5.74, 6) is 1.00. The van der Waals surface area contributed by atoms with Gasteiger partial charge in [0.15, 0.2) is 0 Å². The molecule has 0 saturated heterocycles. The maximum Gasteiger partial charge on any atom is 0.315 e. The summed E-state index contributed by atoms with van der Waals surface area (Å²) in [5.41, 5.74) is 0. The van der Waals surface area contributed by atoms with Crippen LogP contribution in [0.2, 0.25) is 0 Å². The molecule has 0 atom stereocenters. The van der Waals surface area contributed by atoms with Crippen molar-refractivity contribution >= 4 is 11.9 Å². The summed E-state index contributed by atoms with van der Waals surface area (Å²) in [6.45, 7) is 1.36. The highest BCUT2D eigenvalue weighted by atomic mass is 16.2. The van der Waals surface area contributed by atoms with Crippen molar-refractivity contribution in [2.75, 3.05) is 13.1 Å². The van der Waals surface area contributed by atoms with E-state index in [2.05, 4.69) is 16.0 Å². The lowest BCUT2D eigenvalue weighted by Gasteiger charge is -2.22. The molecule has 0 aromatic carbocycles. The molecule has 2 aliphatic rings. The van der Waals surface area contributed by atoms with Gasteiger partial charge in [-0.2, -0.15) is 0 Å². The van der Waals surface area contributed by atoms with E-state index in [9.17, 15) is 9.59 Å². The lowest BCUT2D eigenvalue weighted by molar-refractivity contribution is -0.121. The molecule has 0 aromatic rings. The molecule has 0 bridgehead atoms. The molecule has 2 fully saturated rings. The molecule has 2 aliphatic carbocycles. The van der Waals surface area contributed by atoms with Crippen molar-refractivity contribution in [3.05, 3.63) is 0 Å². The average Bonchev–Trinajstić information content (AvgIpc) is 3.10. The summed E-state index contributed by atoms with van der Waals surface area (Å²) in [5, 5.41) is 8.88. The molecule has 3 N–H and O–H groups in total. The highest BCUT2D eigenvalue weighted by Gasteiger charge is 2.15. The second kappa shape index (κ2) is 11.3. The molecule has 2 rings (SSSR count). The van der Waals surface area contributed by atoms with Crippen molar-refractivity contribution in [2.45, 2.75) is 89.5 Å². The Bertz CT molecular complexity index is 375. The number of carbonyl (C=O) groups is 2. The molecular weight excluding hydrogens is 302 g/mol. The number of urea groups is 1. The minimum absolute atomic E-state index is 0.0844. The SMILES string of the molecule is O=C(CCCNC(=O)NC1CCCCC1)NCCCC1CCCC1. The summed E-state index contributed by atoms with van der Waals surface area (Å²) in [6, 6.07) is 0.251. The van der Waals surface area contributed by atoms with Gasteiger partial charge in [0.25, 0.3) is 0 Å². The van der Waals surface area contributed by atoms with Gasteiger partial charge in [0.2, 0.25) is 5.91 Å². The molecule has 0 spiro atoms. The van der Waals surface area contributed by atoms with Crippen molar-refractivity contribution in [1.29, 1.82) is 0 Å². The molecule has 138 valence electrons. The molecule has 0 heterocycles. The van der Waals surface area contributed by atoms with E-state index < -0.39 is 0 Å². The number of hydrogen-bond acceptors (Lipinski definition) is 2. The van der Waals surface area contributed by atoms with Crippen LogP contribution >= 0.6 is 0 Å². The summed E-state index contributed by atoms with van der Waals surface area (Å²) in [6.07, 6.45) is 15.0. The molecule has 0 radical (unpaired) electrons. The van der Waals surface area contributed by atoms with E-state index in [1.54, 1.807) is 0 Å². The third-order valence-corrected chi connectivity index (χ3v) is 5.39. The first-order chi connectivity index (χ1) is 11.7. The van der Waals surface area contributed by atoms with E-state index in [1.807, 2.05) is 0 Å². The van der Waals surface area contributed by atoms with Gasteiger partial charge in [0, 0.05) is 25.6 Å². The number of hydrogen-bond donors (Lipinski definition) is 3. The minimum Gasteiger partial charge on any atom is -0.356 e. The summed E-state index contributed by atoms with van der Waals surface area (Å²) in [7, 11) is 0. The zero-order chi connectivity index (χ0) is 17.0. The van der Waals surface area contributed by atoms with Gasteiger partial charge in [-0.05, 0) is 38.0 Å². The first-order valence-corrected chi connectivity index (χ1v) is 10.0. The Kier molecular flexibility index (Phi) is 9.00. The van der Waals surface area contributed by atoms with Crippen molar-refractivity contribution in [2.24, 2.45) is 5.92 Å². The van der Waals surface area contributed by atoms with Crippen molar-refractivity contribution < 1.29 is 9.59 Å². The Labute approximate surface area is 146 Å². The normalized spacial score (nSPS) is 19.2. The predicted molar refractivity (Wildman–Crippen MR) is 96.8 cm³/mol. The van der Waals surface area contributed by atoms with Crippen molar-refractivity contribution in [3.63, 3.8) is 0 Å². The van der Waals surface area contributed by atoms with Gasteiger partial charge in [0.1, 0.15) is 0 Å². The van der Waals surface area contributed by atoms with Crippen LogP contribution < -0.4 is 16.0 Å². The second-order valence-corrected chi connectivity index (χ2v) is 7.48. The summed E-state index contributed by atoms with van der Waals surface area (Å²) >= 11 is 0. The molecule has 24 heavy (non-hydrogen) atoms. The van der Waals surface area contributed by atoms with E-state index in [4.69, 9.17) is 0 Å². The maximum atomic E-state index is 11.8. The first-order valence-electron chi connectivity index (χ1n) is 10.0. The number of carbonyl (C=O) groups excluding carboxylic acids is 2. The van der Waals surface area contributed by atoms with Crippen LogP contribution in [0, 0.1) is 5.92 Å². The molecular formula is C19H35N3O2. The molecule has 0 aromatic heterocycles. The maximum absolute atomic E-state index is 11.8. The van der Waals surface area contributed by atoms with Crippen LogP contribution in [-0.2, 0) is 4.79 Å². The van der Waals surface area contributed by atoms with Gasteiger partial charge in [-0.1, -0.05) is 44.9 Å². The van der Waals surface area contributed by atoms with Gasteiger partial charge >= 0.3 is 6.03 Å². The highest BCUT2D eigenvalue weighted by Crippen LogP contribution is 2.28. The number of rotatable bonds is 9. The van der Waals surface area contributed by atoms with Crippen LogP contribution in [0.3, 0.4) is 0 Å². The van der Waals surface area contributed by atoms with Gasteiger partial charge in [-0.25, -0.2) is 4.79 Å². The van der Waals surface area contributed by atoms with Crippen LogP contribution in [0.15, 0.2) is 0 Å². The fourth-order valence-electron chi connectivity index (χ4n) is 3.94. The quantitative estimate of drug-likeness (QED) is 0.564. The van der Waals surface area contributed by atoms with E-state index in [0.29, 0.717) is 25.4 Å². The Hall–Kier alpha value is -1.26. The Morgan fingerprint density at radius 1 is 0.792 bits per heavy atom. The predicted octanol–water partition coefficient (Wildman–Crippen LogP) is 3.49. The zero-order valence-corrected chi connectivity index (χ0v) is 15.1. The standard InChI is InChI=1S/C19H35N3O2/c23-18(20-14-6-10-16-8-4-5-9-16)13-7-15-21-19(24)22-17-11-2-1-3-12-17/h16-17H,1-15H2,(H,20,23)(H2,21,22,24). The van der Waals surface area contributed by atoms with Gasteiger partial charge < -0.3 is 16.0 Å². The number of nitrogens with one attached hydrogen (secondary N) is 3. The highest BCUT2D eigenvalue weighted by molar-refractivity contribution is 5.76. The largest absolute Gasteiger partial charge is 0.356 e. The zero-order valence-electron chi connectivity index (χ0n) is 15.1. The lowest BCUT2D eigenvalue weighted by Crippen LogP contribution is -2.43. The molecule has 0 unspecified atom stereocenters. The smallest absolute Gasteiger partial charge is 0.315 e. The topological polar surface area (TPSA) is 70.2 Å². The third-order valence-electron chi connectivity index (χ3n) is 5.39. The van der Waals surface area contributed by atoms with E-state index in [-0.39, 0.29) is 11.9 Å². The molecule has 3 amide bonds. The summed E-state index contributed by atoms with van der Waals surface area (Å²) in [4.78, 5) is 23.5. The van der Waals surface area contributed by atoms with Crippen LogP contribution in [0.1, 0.15) is 83.5 Å². The lowest BCUT2D eigenvalue weighted by atomic mass is 9.96. The Balaban J connectivity index is 1.40. The average molecular weight is 338 g/mol. The van der Waals surface area contributed by atoms with Crippen molar-refractivity contribution in [1.82, 2.24) is 16.0 Å². The monoisotopic (exact) mass is 337 g/mol. The first kappa shape index (κ1) is 19.1. The summed E-state index contributed by atoms with van der Waals surface area (Å²) < 4.78 is 0. The van der Waals surface area contributed by atoms with E-state index in [1.165, 1.54) is 51.4 Å². The van der Waals surface area contributed by atoms with Crippen molar-refractivity contribution in [3.8, 4) is 0 Å².